The van der Waals surface area contributed by atoms with Gasteiger partial charge in [0.25, 0.3) is 5.91 Å². The monoisotopic (exact) mass is 532 g/mol. The summed E-state index contributed by atoms with van der Waals surface area (Å²) in [5.41, 5.74) is 10.3. The molecule has 3 aromatic rings. The van der Waals surface area contributed by atoms with Crippen LogP contribution in [0, 0.1) is 26.2 Å². The first-order chi connectivity index (χ1) is 18.0. The van der Waals surface area contributed by atoms with Crippen molar-refractivity contribution in [3.05, 3.63) is 62.4 Å². The van der Waals surface area contributed by atoms with E-state index < -0.39 is 5.97 Å². The van der Waals surface area contributed by atoms with Gasteiger partial charge < -0.3 is 14.9 Å². The van der Waals surface area contributed by atoms with Gasteiger partial charge in [-0.15, -0.1) is 11.3 Å². The van der Waals surface area contributed by atoms with Crippen LogP contribution in [0.3, 0.4) is 0 Å². The van der Waals surface area contributed by atoms with Gasteiger partial charge in [0.1, 0.15) is 0 Å². The zero-order valence-electron chi connectivity index (χ0n) is 22.9. The van der Waals surface area contributed by atoms with Crippen LogP contribution in [-0.4, -0.2) is 51.5 Å². The SMILES string of the molecule is Cc1ncsc1CN1CCc2cc(-c3c(C)nc(C)c(CC(=O)O)c3N3CCC(C)(C)CC3)ccc2C1=O. The minimum atomic E-state index is -0.851. The van der Waals surface area contributed by atoms with Crippen molar-refractivity contribution in [3.63, 3.8) is 0 Å². The number of rotatable bonds is 6. The van der Waals surface area contributed by atoms with E-state index in [4.69, 9.17) is 4.98 Å². The largest absolute Gasteiger partial charge is 0.481 e. The Morgan fingerprint density at radius 3 is 2.47 bits per heavy atom. The Morgan fingerprint density at radius 1 is 1.08 bits per heavy atom. The van der Waals surface area contributed by atoms with Crippen LogP contribution in [0.5, 0.6) is 0 Å². The number of thiazole rings is 1. The lowest BCUT2D eigenvalue weighted by atomic mass is 9.82. The zero-order chi connectivity index (χ0) is 27.2. The average molecular weight is 533 g/mol. The van der Waals surface area contributed by atoms with Gasteiger partial charge in [0.2, 0.25) is 0 Å². The smallest absolute Gasteiger partial charge is 0.307 e. The molecule has 1 amide bonds. The molecule has 0 bridgehead atoms. The number of carboxylic acids is 1. The van der Waals surface area contributed by atoms with Crippen LogP contribution >= 0.6 is 11.3 Å². The summed E-state index contributed by atoms with van der Waals surface area (Å²) in [6.07, 6.45) is 2.82. The number of amides is 1. The Labute approximate surface area is 228 Å². The van der Waals surface area contributed by atoms with Crippen molar-refractivity contribution in [1.82, 2.24) is 14.9 Å². The minimum Gasteiger partial charge on any atom is -0.481 e. The molecule has 2 aliphatic heterocycles. The summed E-state index contributed by atoms with van der Waals surface area (Å²) in [5.74, 6) is -0.801. The topological polar surface area (TPSA) is 86.6 Å². The first kappa shape index (κ1) is 26.4. The molecule has 0 unspecified atom stereocenters. The van der Waals surface area contributed by atoms with Gasteiger partial charge in [0.15, 0.2) is 0 Å². The van der Waals surface area contributed by atoms with Crippen molar-refractivity contribution < 1.29 is 14.7 Å². The zero-order valence-corrected chi connectivity index (χ0v) is 23.7. The number of carbonyl (C=O) groups excluding carboxylic acids is 1. The number of benzene rings is 1. The van der Waals surface area contributed by atoms with E-state index in [-0.39, 0.29) is 17.7 Å². The molecule has 0 radical (unpaired) electrons. The molecule has 1 saturated heterocycles. The van der Waals surface area contributed by atoms with E-state index in [1.54, 1.807) is 11.3 Å². The second-order valence-corrected chi connectivity index (χ2v) is 12.4. The lowest BCUT2D eigenvalue weighted by molar-refractivity contribution is -0.136. The van der Waals surface area contributed by atoms with Gasteiger partial charge in [-0.3, -0.25) is 14.6 Å². The molecule has 1 N–H and O–H groups in total. The maximum Gasteiger partial charge on any atom is 0.307 e. The van der Waals surface area contributed by atoms with E-state index in [1.807, 2.05) is 43.3 Å². The van der Waals surface area contributed by atoms with Gasteiger partial charge in [-0.1, -0.05) is 26.0 Å². The molecular formula is C30H36N4O3S. The molecule has 0 atom stereocenters. The number of hydrogen-bond donors (Lipinski definition) is 1. The van der Waals surface area contributed by atoms with Crippen LogP contribution < -0.4 is 4.90 Å². The van der Waals surface area contributed by atoms with E-state index >= 15 is 0 Å². The first-order valence-electron chi connectivity index (χ1n) is 13.3. The molecule has 0 saturated carbocycles. The molecule has 38 heavy (non-hydrogen) atoms. The summed E-state index contributed by atoms with van der Waals surface area (Å²) in [7, 11) is 0. The maximum absolute atomic E-state index is 13.4. The highest BCUT2D eigenvalue weighted by Gasteiger charge is 2.31. The summed E-state index contributed by atoms with van der Waals surface area (Å²) in [5, 5.41) is 9.76. The Kier molecular flexibility index (Phi) is 7.03. The fourth-order valence-electron chi connectivity index (χ4n) is 5.76. The van der Waals surface area contributed by atoms with Gasteiger partial charge in [0.05, 0.1) is 29.9 Å². The summed E-state index contributed by atoms with van der Waals surface area (Å²) in [4.78, 5) is 39.8. The normalized spacial score (nSPS) is 17.0. The molecule has 2 aliphatic rings. The van der Waals surface area contributed by atoms with Crippen molar-refractivity contribution in [2.45, 2.75) is 66.8 Å². The fraction of sp³-hybridized carbons (Fsp3) is 0.467. The number of anilines is 1. The number of nitrogens with zero attached hydrogens (tertiary/aromatic N) is 4. The summed E-state index contributed by atoms with van der Waals surface area (Å²) in [6.45, 7) is 13.5. The molecule has 8 heteroatoms. The Morgan fingerprint density at radius 2 is 1.82 bits per heavy atom. The molecule has 200 valence electrons. The van der Waals surface area contributed by atoms with E-state index in [2.05, 4.69) is 29.8 Å². The van der Waals surface area contributed by atoms with E-state index in [9.17, 15) is 14.7 Å². The van der Waals surface area contributed by atoms with Crippen LogP contribution in [0.1, 0.15) is 70.1 Å². The molecule has 7 nitrogen and oxygen atoms in total. The molecule has 0 spiro atoms. The van der Waals surface area contributed by atoms with E-state index in [0.29, 0.717) is 13.1 Å². The number of pyridine rings is 1. The fourth-order valence-corrected chi connectivity index (χ4v) is 6.55. The molecule has 0 aliphatic carbocycles. The van der Waals surface area contributed by atoms with Crippen molar-refractivity contribution in [3.8, 4) is 11.1 Å². The maximum atomic E-state index is 13.4. The molecule has 1 fully saturated rings. The lowest BCUT2D eigenvalue weighted by Crippen LogP contribution is -2.38. The summed E-state index contributed by atoms with van der Waals surface area (Å²) >= 11 is 1.59. The van der Waals surface area contributed by atoms with Gasteiger partial charge in [0, 0.05) is 52.6 Å². The van der Waals surface area contributed by atoms with Gasteiger partial charge in [-0.25, -0.2) is 4.98 Å². The van der Waals surface area contributed by atoms with Gasteiger partial charge >= 0.3 is 5.97 Å². The quantitative estimate of drug-likeness (QED) is 0.446. The molecule has 2 aromatic heterocycles. The van der Waals surface area contributed by atoms with Crippen LogP contribution in [0.2, 0.25) is 0 Å². The predicted octanol–water partition coefficient (Wildman–Crippen LogP) is 5.58. The van der Waals surface area contributed by atoms with Crippen LogP contribution in [0.15, 0.2) is 23.7 Å². The number of aryl methyl sites for hydroxylation is 3. The second kappa shape index (κ2) is 10.1. The number of aromatic nitrogens is 2. The highest BCUT2D eigenvalue weighted by atomic mass is 32.1. The van der Waals surface area contributed by atoms with Crippen molar-refractivity contribution in [2.24, 2.45) is 5.41 Å². The number of hydrogen-bond acceptors (Lipinski definition) is 6. The highest BCUT2D eigenvalue weighted by molar-refractivity contribution is 7.09. The van der Waals surface area contributed by atoms with Crippen LogP contribution in [-0.2, 0) is 24.2 Å². The Hall–Kier alpha value is -3.26. The Balaban J connectivity index is 1.55. The molecule has 5 rings (SSSR count). The number of aliphatic carboxylic acids is 1. The first-order valence-corrected chi connectivity index (χ1v) is 14.2. The third-order valence-corrected chi connectivity index (χ3v) is 9.08. The number of piperidine rings is 1. The average Bonchev–Trinajstić information content (AvgIpc) is 3.26. The van der Waals surface area contributed by atoms with Crippen molar-refractivity contribution in [1.29, 1.82) is 0 Å². The van der Waals surface area contributed by atoms with E-state index in [0.717, 1.165) is 87.8 Å². The van der Waals surface area contributed by atoms with Crippen LogP contribution in [0.4, 0.5) is 5.69 Å². The molecule has 1 aromatic carbocycles. The number of carbonyl (C=O) groups is 2. The van der Waals surface area contributed by atoms with Gasteiger partial charge in [-0.2, -0.15) is 0 Å². The minimum absolute atomic E-state index is 0.0504. The highest BCUT2D eigenvalue weighted by Crippen LogP contribution is 2.42. The van der Waals surface area contributed by atoms with Crippen molar-refractivity contribution >= 4 is 28.9 Å². The van der Waals surface area contributed by atoms with Crippen molar-refractivity contribution in [2.75, 3.05) is 24.5 Å². The number of carboxylic acid groups (broad SMARTS) is 1. The summed E-state index contributed by atoms with van der Waals surface area (Å²) in [6, 6.07) is 6.08. The summed E-state index contributed by atoms with van der Waals surface area (Å²) < 4.78 is 0. The van der Waals surface area contributed by atoms with Gasteiger partial charge in [-0.05, 0) is 62.6 Å². The lowest BCUT2D eigenvalue weighted by Gasteiger charge is -2.40. The molecule has 4 heterocycles. The third kappa shape index (κ3) is 5.06. The standard InChI is InChI=1S/C30H36N4O3S/c1-18-24(15-26(35)36)28(33-12-9-30(4,5)10-13-33)27(20(3)32-18)22-6-7-23-21(14-22)8-11-34(29(23)37)16-25-19(2)31-17-38-25/h6-7,14,17H,8-13,15-16H2,1-5H3,(H,35,36). The Bertz CT molecular complexity index is 1400. The predicted molar refractivity (Wildman–Crippen MR) is 151 cm³/mol. The second-order valence-electron chi connectivity index (χ2n) is 11.4. The molecular weight excluding hydrogens is 496 g/mol. The number of fused-ring (bicyclic) bond motifs is 1. The van der Waals surface area contributed by atoms with Crippen LogP contribution in [0.25, 0.3) is 11.1 Å². The van der Waals surface area contributed by atoms with E-state index in [1.165, 1.54) is 0 Å². The third-order valence-electron chi connectivity index (χ3n) is 8.16.